The van der Waals surface area contributed by atoms with Gasteiger partial charge < -0.3 is 15.0 Å². The van der Waals surface area contributed by atoms with E-state index in [-0.39, 0.29) is 12.5 Å². The summed E-state index contributed by atoms with van der Waals surface area (Å²) < 4.78 is 2.18. The third-order valence-electron chi connectivity index (χ3n) is 4.97. The van der Waals surface area contributed by atoms with Gasteiger partial charge in [-0.2, -0.15) is 0 Å². The van der Waals surface area contributed by atoms with Crippen molar-refractivity contribution < 1.29 is 9.90 Å². The standard InChI is InChI=1S/C21H21N3O2/c1-12(25)10-23-21(26)14-4-5-19-17(8-14)18-9-15-11-22-7-6-16(15)13(2)20(18)24(19)3/h4-9,11-12,25H,10H2,1-3H3,(H,23,26)/t12-/m0/s1. The number of aromatic nitrogens is 2. The Morgan fingerprint density at radius 1 is 1.23 bits per heavy atom. The average molecular weight is 347 g/mol. The van der Waals surface area contributed by atoms with Crippen molar-refractivity contribution in [3.05, 3.63) is 53.9 Å². The second-order valence-corrected chi connectivity index (χ2v) is 6.84. The van der Waals surface area contributed by atoms with Gasteiger partial charge in [-0.3, -0.25) is 9.78 Å². The van der Waals surface area contributed by atoms with Crippen LogP contribution in [0.2, 0.25) is 0 Å². The van der Waals surface area contributed by atoms with Crippen molar-refractivity contribution in [2.75, 3.05) is 6.54 Å². The minimum Gasteiger partial charge on any atom is -0.392 e. The molecule has 5 heteroatoms. The zero-order chi connectivity index (χ0) is 18.4. The SMILES string of the molecule is Cc1c2ccncc2cc2c3cc(C(=O)NC[C@H](C)O)ccc3n(C)c12. The molecule has 4 aromatic rings. The van der Waals surface area contributed by atoms with Gasteiger partial charge in [0.1, 0.15) is 0 Å². The predicted octanol–water partition coefficient (Wildman–Crippen LogP) is 3.30. The first kappa shape index (κ1) is 16.5. The molecule has 0 unspecified atom stereocenters. The molecule has 0 saturated heterocycles. The molecule has 0 saturated carbocycles. The second-order valence-electron chi connectivity index (χ2n) is 6.84. The van der Waals surface area contributed by atoms with Gasteiger partial charge in [0.2, 0.25) is 0 Å². The summed E-state index contributed by atoms with van der Waals surface area (Å²) in [5.74, 6) is -0.177. The molecule has 1 atom stereocenters. The van der Waals surface area contributed by atoms with E-state index >= 15 is 0 Å². The second kappa shape index (κ2) is 6.11. The van der Waals surface area contributed by atoms with Crippen molar-refractivity contribution in [1.29, 1.82) is 0 Å². The van der Waals surface area contributed by atoms with Gasteiger partial charge in [0, 0.05) is 53.2 Å². The van der Waals surface area contributed by atoms with Gasteiger partial charge in [-0.25, -0.2) is 0 Å². The van der Waals surface area contributed by atoms with Gasteiger partial charge >= 0.3 is 0 Å². The Kier molecular flexibility index (Phi) is 3.89. The molecule has 26 heavy (non-hydrogen) atoms. The Hall–Kier alpha value is -2.92. The van der Waals surface area contributed by atoms with Gasteiger partial charge in [0.05, 0.1) is 11.6 Å². The van der Waals surface area contributed by atoms with E-state index in [2.05, 4.69) is 34.9 Å². The summed E-state index contributed by atoms with van der Waals surface area (Å²) in [4.78, 5) is 16.6. The molecule has 1 amide bonds. The molecule has 0 fully saturated rings. The number of nitrogens with zero attached hydrogens (tertiary/aromatic N) is 2. The number of fused-ring (bicyclic) bond motifs is 4. The summed E-state index contributed by atoms with van der Waals surface area (Å²) in [7, 11) is 2.05. The van der Waals surface area contributed by atoms with Crippen LogP contribution in [0.15, 0.2) is 42.7 Å². The van der Waals surface area contributed by atoms with Crippen LogP contribution in [0.1, 0.15) is 22.8 Å². The van der Waals surface area contributed by atoms with E-state index in [1.54, 1.807) is 6.92 Å². The lowest BCUT2D eigenvalue weighted by Crippen LogP contribution is -2.30. The number of aliphatic hydroxyl groups excluding tert-OH is 1. The Morgan fingerprint density at radius 2 is 2.04 bits per heavy atom. The first-order chi connectivity index (χ1) is 12.5. The van der Waals surface area contributed by atoms with Crippen molar-refractivity contribution in [2.24, 2.45) is 7.05 Å². The van der Waals surface area contributed by atoms with Crippen LogP contribution in [0.4, 0.5) is 0 Å². The number of carbonyl (C=O) groups excluding carboxylic acids is 1. The van der Waals surface area contributed by atoms with Crippen LogP contribution in [0, 0.1) is 6.92 Å². The topological polar surface area (TPSA) is 67.2 Å². The summed E-state index contributed by atoms with van der Waals surface area (Å²) >= 11 is 0. The van der Waals surface area contributed by atoms with Crippen molar-refractivity contribution in [1.82, 2.24) is 14.9 Å². The minimum atomic E-state index is -0.568. The number of aryl methyl sites for hydroxylation is 2. The van der Waals surface area contributed by atoms with E-state index in [1.165, 1.54) is 16.5 Å². The lowest BCUT2D eigenvalue weighted by atomic mass is 10.0. The molecule has 0 spiro atoms. The first-order valence-corrected chi connectivity index (χ1v) is 8.69. The number of aliphatic hydroxyl groups is 1. The number of hydrogen-bond donors (Lipinski definition) is 2. The third-order valence-corrected chi connectivity index (χ3v) is 4.97. The lowest BCUT2D eigenvalue weighted by Gasteiger charge is -2.07. The fraction of sp³-hybridized carbons (Fsp3) is 0.238. The molecule has 4 rings (SSSR count). The fourth-order valence-corrected chi connectivity index (χ4v) is 3.70. The van der Waals surface area contributed by atoms with Gasteiger partial charge in [0.25, 0.3) is 5.91 Å². The normalized spacial score (nSPS) is 12.8. The van der Waals surface area contributed by atoms with Crippen molar-refractivity contribution in [2.45, 2.75) is 20.0 Å². The van der Waals surface area contributed by atoms with Gasteiger partial charge in [-0.1, -0.05) is 0 Å². The van der Waals surface area contributed by atoms with Crippen LogP contribution in [0.25, 0.3) is 32.6 Å². The molecule has 0 aliphatic rings. The maximum absolute atomic E-state index is 12.4. The van der Waals surface area contributed by atoms with E-state index in [9.17, 15) is 9.90 Å². The molecule has 0 bridgehead atoms. The summed E-state index contributed by atoms with van der Waals surface area (Å²) in [5.41, 5.74) is 4.05. The summed E-state index contributed by atoms with van der Waals surface area (Å²) in [5, 5.41) is 16.6. The van der Waals surface area contributed by atoms with Crippen LogP contribution in [0.3, 0.4) is 0 Å². The first-order valence-electron chi connectivity index (χ1n) is 8.69. The van der Waals surface area contributed by atoms with Crippen molar-refractivity contribution >= 4 is 38.5 Å². The fourth-order valence-electron chi connectivity index (χ4n) is 3.70. The third kappa shape index (κ3) is 2.52. The Bertz CT molecular complexity index is 1160. The summed E-state index contributed by atoms with van der Waals surface area (Å²) in [6.45, 7) is 4.01. The molecule has 2 aromatic heterocycles. The highest BCUT2D eigenvalue weighted by Crippen LogP contribution is 2.35. The molecule has 2 aromatic carbocycles. The summed E-state index contributed by atoms with van der Waals surface area (Å²) in [6.07, 6.45) is 3.12. The number of amides is 1. The van der Waals surface area contributed by atoms with Crippen LogP contribution >= 0.6 is 0 Å². The van der Waals surface area contributed by atoms with Gasteiger partial charge in [0.15, 0.2) is 0 Å². The zero-order valence-corrected chi connectivity index (χ0v) is 15.1. The molecular weight excluding hydrogens is 326 g/mol. The van der Waals surface area contributed by atoms with Crippen molar-refractivity contribution in [3.8, 4) is 0 Å². The highest BCUT2D eigenvalue weighted by Gasteiger charge is 2.15. The van der Waals surface area contributed by atoms with Crippen LogP contribution in [-0.2, 0) is 7.05 Å². The van der Waals surface area contributed by atoms with E-state index < -0.39 is 6.10 Å². The Labute approximate surface area is 151 Å². The summed E-state index contributed by atoms with van der Waals surface area (Å²) in [6, 6.07) is 9.92. The Morgan fingerprint density at radius 3 is 2.81 bits per heavy atom. The van der Waals surface area contributed by atoms with Crippen LogP contribution < -0.4 is 5.32 Å². The number of nitrogens with one attached hydrogen (secondary N) is 1. The average Bonchev–Trinajstić information content (AvgIpc) is 2.92. The number of hydrogen-bond acceptors (Lipinski definition) is 3. The molecule has 0 aliphatic carbocycles. The Balaban J connectivity index is 1.95. The van der Waals surface area contributed by atoms with Crippen molar-refractivity contribution in [3.63, 3.8) is 0 Å². The molecule has 2 heterocycles. The maximum atomic E-state index is 12.4. The lowest BCUT2D eigenvalue weighted by molar-refractivity contribution is 0.0924. The smallest absolute Gasteiger partial charge is 0.251 e. The van der Waals surface area contributed by atoms with Crippen LogP contribution in [-0.4, -0.2) is 33.2 Å². The molecule has 2 N–H and O–H groups in total. The quantitative estimate of drug-likeness (QED) is 0.597. The molecule has 132 valence electrons. The van der Waals surface area contributed by atoms with Gasteiger partial charge in [-0.15, -0.1) is 0 Å². The monoisotopic (exact) mass is 347 g/mol. The van der Waals surface area contributed by atoms with E-state index in [4.69, 9.17) is 0 Å². The highest BCUT2D eigenvalue weighted by molar-refractivity contribution is 6.15. The zero-order valence-electron chi connectivity index (χ0n) is 15.1. The molecular formula is C21H21N3O2. The molecule has 0 radical (unpaired) electrons. The van der Waals surface area contributed by atoms with Gasteiger partial charge in [-0.05, 0) is 55.1 Å². The minimum absolute atomic E-state index is 0.177. The number of rotatable bonds is 3. The van der Waals surface area contributed by atoms with E-state index in [0.717, 1.165) is 21.7 Å². The maximum Gasteiger partial charge on any atom is 0.251 e. The number of benzene rings is 2. The highest BCUT2D eigenvalue weighted by atomic mass is 16.3. The predicted molar refractivity (Wildman–Crippen MR) is 104 cm³/mol. The van der Waals surface area contributed by atoms with E-state index in [1.807, 2.05) is 36.7 Å². The molecule has 5 nitrogen and oxygen atoms in total. The largest absolute Gasteiger partial charge is 0.392 e. The number of carbonyl (C=O) groups is 1. The van der Waals surface area contributed by atoms with Crippen LogP contribution in [0.5, 0.6) is 0 Å². The van der Waals surface area contributed by atoms with E-state index in [0.29, 0.717) is 5.56 Å². The number of pyridine rings is 1. The molecule has 0 aliphatic heterocycles.